The van der Waals surface area contributed by atoms with Gasteiger partial charge < -0.3 is 15.5 Å². The predicted molar refractivity (Wildman–Crippen MR) is 63.4 cm³/mol. The van der Waals surface area contributed by atoms with Gasteiger partial charge in [0.1, 0.15) is 11.5 Å². The lowest BCUT2D eigenvalue weighted by atomic mass is 10.1. The molecule has 3 nitrogen and oxygen atoms in total. The summed E-state index contributed by atoms with van der Waals surface area (Å²) in [5.74, 6) is 1.08. The maximum Gasteiger partial charge on any atom is 0.123 e. The van der Waals surface area contributed by atoms with Crippen LogP contribution in [0.3, 0.4) is 0 Å². The standard InChI is InChI=1S/C13H19NO2/c15-12-6-5-11(13(16)7-12)9-14-8-10-3-1-2-4-10/h5-7,10,14-16H,1-4,8-9H2. The first-order valence-electron chi connectivity index (χ1n) is 5.97. The highest BCUT2D eigenvalue weighted by atomic mass is 16.3. The highest BCUT2D eigenvalue weighted by Gasteiger charge is 2.14. The topological polar surface area (TPSA) is 52.5 Å². The first kappa shape index (κ1) is 11.3. The molecule has 1 aromatic rings. The van der Waals surface area contributed by atoms with E-state index in [-0.39, 0.29) is 11.5 Å². The number of hydrogen-bond acceptors (Lipinski definition) is 3. The van der Waals surface area contributed by atoms with E-state index >= 15 is 0 Å². The minimum atomic E-state index is 0.108. The fraction of sp³-hybridized carbons (Fsp3) is 0.538. The number of aromatic hydroxyl groups is 2. The molecule has 0 atom stereocenters. The second-order valence-electron chi connectivity index (χ2n) is 4.59. The number of nitrogens with one attached hydrogen (secondary N) is 1. The maximum atomic E-state index is 9.58. The molecular formula is C13H19NO2. The van der Waals surface area contributed by atoms with Crippen LogP contribution < -0.4 is 5.32 Å². The van der Waals surface area contributed by atoms with E-state index in [1.165, 1.54) is 31.7 Å². The second-order valence-corrected chi connectivity index (χ2v) is 4.59. The number of phenolic OH excluding ortho intramolecular Hbond substituents is 2. The van der Waals surface area contributed by atoms with Crippen molar-refractivity contribution in [2.45, 2.75) is 32.2 Å². The summed E-state index contributed by atoms with van der Waals surface area (Å²) in [6.45, 7) is 1.70. The zero-order valence-corrected chi connectivity index (χ0v) is 9.45. The molecule has 0 amide bonds. The van der Waals surface area contributed by atoms with Crippen LogP contribution in [-0.4, -0.2) is 16.8 Å². The third kappa shape index (κ3) is 2.89. The number of rotatable bonds is 4. The Hall–Kier alpha value is -1.22. The van der Waals surface area contributed by atoms with Crippen LogP contribution >= 0.6 is 0 Å². The minimum absolute atomic E-state index is 0.108. The lowest BCUT2D eigenvalue weighted by Gasteiger charge is -2.11. The van der Waals surface area contributed by atoms with E-state index in [9.17, 15) is 5.11 Å². The summed E-state index contributed by atoms with van der Waals surface area (Å²) >= 11 is 0. The van der Waals surface area contributed by atoms with Gasteiger partial charge in [-0.3, -0.25) is 0 Å². The third-order valence-electron chi connectivity index (χ3n) is 3.29. The van der Waals surface area contributed by atoms with Gasteiger partial charge in [-0.25, -0.2) is 0 Å². The molecule has 1 aromatic carbocycles. The molecule has 1 aliphatic carbocycles. The Morgan fingerprint density at radius 1 is 1.19 bits per heavy atom. The smallest absolute Gasteiger partial charge is 0.123 e. The van der Waals surface area contributed by atoms with Crippen LogP contribution in [0.2, 0.25) is 0 Å². The molecule has 1 saturated carbocycles. The lowest BCUT2D eigenvalue weighted by Crippen LogP contribution is -2.20. The Bertz CT molecular complexity index is 346. The van der Waals surface area contributed by atoms with Gasteiger partial charge in [-0.2, -0.15) is 0 Å². The van der Waals surface area contributed by atoms with Gasteiger partial charge in [0.2, 0.25) is 0 Å². The van der Waals surface area contributed by atoms with Gasteiger partial charge in [-0.05, 0) is 31.4 Å². The predicted octanol–water partition coefficient (Wildman–Crippen LogP) is 2.38. The fourth-order valence-electron chi connectivity index (χ4n) is 2.33. The molecule has 0 bridgehead atoms. The van der Waals surface area contributed by atoms with E-state index in [0.717, 1.165) is 18.0 Å². The average Bonchev–Trinajstić information content (AvgIpc) is 2.74. The molecule has 0 radical (unpaired) electrons. The van der Waals surface area contributed by atoms with Crippen molar-refractivity contribution in [1.29, 1.82) is 0 Å². The van der Waals surface area contributed by atoms with Crippen molar-refractivity contribution < 1.29 is 10.2 Å². The van der Waals surface area contributed by atoms with Crippen LogP contribution in [0.15, 0.2) is 18.2 Å². The number of hydrogen-bond donors (Lipinski definition) is 3. The van der Waals surface area contributed by atoms with Crippen LogP contribution in [-0.2, 0) is 6.54 Å². The van der Waals surface area contributed by atoms with Crippen molar-refractivity contribution in [3.8, 4) is 11.5 Å². The molecular weight excluding hydrogens is 202 g/mol. The molecule has 3 heteroatoms. The Labute approximate surface area is 96.1 Å². The van der Waals surface area contributed by atoms with Crippen molar-refractivity contribution in [2.75, 3.05) is 6.54 Å². The minimum Gasteiger partial charge on any atom is -0.508 e. The highest BCUT2D eigenvalue weighted by molar-refractivity contribution is 5.38. The summed E-state index contributed by atoms with van der Waals surface area (Å²) in [5.41, 5.74) is 0.843. The first-order valence-corrected chi connectivity index (χ1v) is 5.97. The van der Waals surface area contributed by atoms with Crippen LogP contribution in [0, 0.1) is 5.92 Å². The van der Waals surface area contributed by atoms with Crippen molar-refractivity contribution in [3.05, 3.63) is 23.8 Å². The monoisotopic (exact) mass is 221 g/mol. The summed E-state index contributed by atoms with van der Waals surface area (Å²) in [6.07, 6.45) is 5.37. The van der Waals surface area contributed by atoms with Crippen LogP contribution in [0.1, 0.15) is 31.2 Å². The summed E-state index contributed by atoms with van der Waals surface area (Å²) in [4.78, 5) is 0. The van der Waals surface area contributed by atoms with Gasteiger partial charge in [0, 0.05) is 18.2 Å². The number of phenols is 2. The Balaban J connectivity index is 1.80. The van der Waals surface area contributed by atoms with E-state index in [1.54, 1.807) is 12.1 Å². The van der Waals surface area contributed by atoms with E-state index in [2.05, 4.69) is 5.32 Å². The Morgan fingerprint density at radius 3 is 2.62 bits per heavy atom. The molecule has 2 rings (SSSR count). The molecule has 3 N–H and O–H groups in total. The van der Waals surface area contributed by atoms with E-state index < -0.39 is 0 Å². The molecule has 0 heterocycles. The van der Waals surface area contributed by atoms with Crippen molar-refractivity contribution in [3.63, 3.8) is 0 Å². The fourth-order valence-corrected chi connectivity index (χ4v) is 2.33. The molecule has 16 heavy (non-hydrogen) atoms. The first-order chi connectivity index (χ1) is 7.75. The zero-order chi connectivity index (χ0) is 11.4. The SMILES string of the molecule is Oc1ccc(CNCC2CCCC2)c(O)c1. The molecule has 88 valence electrons. The molecule has 0 aliphatic heterocycles. The summed E-state index contributed by atoms with van der Waals surface area (Å²) in [6, 6.07) is 4.74. The van der Waals surface area contributed by atoms with Crippen LogP contribution in [0.4, 0.5) is 0 Å². The summed E-state index contributed by atoms with van der Waals surface area (Å²) < 4.78 is 0. The van der Waals surface area contributed by atoms with Gasteiger partial charge in [0.05, 0.1) is 0 Å². The van der Waals surface area contributed by atoms with Gasteiger partial charge in [-0.15, -0.1) is 0 Å². The van der Waals surface area contributed by atoms with Crippen molar-refractivity contribution in [1.82, 2.24) is 5.32 Å². The summed E-state index contributed by atoms with van der Waals surface area (Å²) in [5, 5.41) is 22.1. The Morgan fingerprint density at radius 2 is 1.94 bits per heavy atom. The molecule has 0 spiro atoms. The van der Waals surface area contributed by atoms with E-state index in [0.29, 0.717) is 6.54 Å². The molecule has 0 unspecified atom stereocenters. The lowest BCUT2D eigenvalue weighted by molar-refractivity contribution is 0.439. The largest absolute Gasteiger partial charge is 0.508 e. The quantitative estimate of drug-likeness (QED) is 0.731. The van der Waals surface area contributed by atoms with Gasteiger partial charge >= 0.3 is 0 Å². The highest BCUT2D eigenvalue weighted by Crippen LogP contribution is 2.25. The second kappa shape index (κ2) is 5.21. The third-order valence-corrected chi connectivity index (χ3v) is 3.29. The summed E-state index contributed by atoms with van der Waals surface area (Å²) in [7, 11) is 0. The molecule has 1 fully saturated rings. The van der Waals surface area contributed by atoms with Crippen LogP contribution in [0.5, 0.6) is 11.5 Å². The number of benzene rings is 1. The van der Waals surface area contributed by atoms with E-state index in [4.69, 9.17) is 5.11 Å². The van der Waals surface area contributed by atoms with Crippen molar-refractivity contribution in [2.24, 2.45) is 5.92 Å². The van der Waals surface area contributed by atoms with Crippen LogP contribution in [0.25, 0.3) is 0 Å². The van der Waals surface area contributed by atoms with Crippen molar-refractivity contribution >= 4 is 0 Å². The molecule has 0 aromatic heterocycles. The van der Waals surface area contributed by atoms with Gasteiger partial charge in [0.15, 0.2) is 0 Å². The normalized spacial score (nSPS) is 16.8. The molecule has 1 aliphatic rings. The zero-order valence-electron chi connectivity index (χ0n) is 9.45. The Kier molecular flexibility index (Phi) is 3.67. The van der Waals surface area contributed by atoms with Gasteiger partial charge in [-0.1, -0.05) is 18.9 Å². The maximum absolute atomic E-state index is 9.58. The van der Waals surface area contributed by atoms with Gasteiger partial charge in [0.25, 0.3) is 0 Å². The average molecular weight is 221 g/mol. The van der Waals surface area contributed by atoms with E-state index in [1.807, 2.05) is 0 Å². The molecule has 0 saturated heterocycles.